The second kappa shape index (κ2) is 3.88. The van der Waals surface area contributed by atoms with Crippen LogP contribution in [0.1, 0.15) is 26.7 Å². The Hall–Kier alpha value is -0.580. The van der Waals surface area contributed by atoms with E-state index in [0.717, 1.165) is 0 Å². The standard InChI is InChI=1S/C9H15F3N2/c1-5-3-7(9(10,11)12)4-8(14-5)6(2)13/h5,7-8,13-14H,3-4H2,1-2H3. The molecular weight excluding hydrogens is 193 g/mol. The first-order valence-electron chi connectivity index (χ1n) is 4.68. The Bertz CT molecular complexity index is 225. The molecule has 2 nitrogen and oxygen atoms in total. The van der Waals surface area contributed by atoms with Crippen LogP contribution in [0.2, 0.25) is 0 Å². The van der Waals surface area contributed by atoms with Crippen molar-refractivity contribution in [2.24, 2.45) is 5.92 Å². The average molecular weight is 208 g/mol. The van der Waals surface area contributed by atoms with Gasteiger partial charge < -0.3 is 10.7 Å². The second-order valence-corrected chi connectivity index (χ2v) is 4.01. The van der Waals surface area contributed by atoms with Crippen LogP contribution < -0.4 is 5.32 Å². The minimum atomic E-state index is -4.12. The first kappa shape index (κ1) is 11.5. The van der Waals surface area contributed by atoms with Gasteiger partial charge in [-0.05, 0) is 26.7 Å². The number of hydrogen-bond donors (Lipinski definition) is 2. The number of piperidine rings is 1. The minimum Gasteiger partial charge on any atom is -0.308 e. The van der Waals surface area contributed by atoms with Crippen molar-refractivity contribution in [1.82, 2.24) is 5.32 Å². The van der Waals surface area contributed by atoms with Crippen molar-refractivity contribution in [3.63, 3.8) is 0 Å². The van der Waals surface area contributed by atoms with E-state index in [4.69, 9.17) is 5.41 Å². The van der Waals surface area contributed by atoms with Gasteiger partial charge in [-0.2, -0.15) is 13.2 Å². The quantitative estimate of drug-likeness (QED) is 0.637. The fraction of sp³-hybridized carbons (Fsp3) is 0.889. The third kappa shape index (κ3) is 2.70. The molecule has 0 bridgehead atoms. The van der Waals surface area contributed by atoms with E-state index in [0.29, 0.717) is 0 Å². The van der Waals surface area contributed by atoms with Crippen molar-refractivity contribution in [2.75, 3.05) is 0 Å². The van der Waals surface area contributed by atoms with Crippen LogP contribution in [0, 0.1) is 11.3 Å². The lowest BCUT2D eigenvalue weighted by Crippen LogP contribution is -2.50. The summed E-state index contributed by atoms with van der Waals surface area (Å²) in [7, 11) is 0. The largest absolute Gasteiger partial charge is 0.391 e. The van der Waals surface area contributed by atoms with Gasteiger partial charge in [0.2, 0.25) is 0 Å². The van der Waals surface area contributed by atoms with Gasteiger partial charge in [-0.15, -0.1) is 0 Å². The van der Waals surface area contributed by atoms with Crippen molar-refractivity contribution < 1.29 is 13.2 Å². The van der Waals surface area contributed by atoms with E-state index in [2.05, 4.69) is 5.32 Å². The van der Waals surface area contributed by atoms with E-state index in [9.17, 15) is 13.2 Å². The predicted octanol–water partition coefficient (Wildman–Crippen LogP) is 2.35. The van der Waals surface area contributed by atoms with Gasteiger partial charge in [-0.25, -0.2) is 0 Å². The molecule has 1 aliphatic heterocycles. The molecule has 1 saturated heterocycles. The van der Waals surface area contributed by atoms with Crippen LogP contribution in [0.4, 0.5) is 13.2 Å². The van der Waals surface area contributed by atoms with Crippen LogP contribution in [-0.2, 0) is 0 Å². The molecule has 82 valence electrons. The lowest BCUT2D eigenvalue weighted by Gasteiger charge is -2.35. The van der Waals surface area contributed by atoms with Gasteiger partial charge in [0.1, 0.15) is 0 Å². The van der Waals surface area contributed by atoms with Gasteiger partial charge in [0.05, 0.1) is 5.92 Å². The monoisotopic (exact) mass is 208 g/mol. The van der Waals surface area contributed by atoms with E-state index in [-0.39, 0.29) is 24.6 Å². The molecule has 0 aromatic carbocycles. The Balaban J connectivity index is 2.68. The molecule has 0 aromatic rings. The third-order valence-electron chi connectivity index (χ3n) is 2.63. The molecule has 5 heteroatoms. The topological polar surface area (TPSA) is 35.9 Å². The van der Waals surface area contributed by atoms with Crippen LogP contribution in [0.25, 0.3) is 0 Å². The number of nitrogens with one attached hydrogen (secondary N) is 2. The van der Waals surface area contributed by atoms with Crippen LogP contribution in [0.15, 0.2) is 0 Å². The summed E-state index contributed by atoms with van der Waals surface area (Å²) in [6.07, 6.45) is -4.00. The summed E-state index contributed by atoms with van der Waals surface area (Å²) >= 11 is 0. The number of halogens is 3. The van der Waals surface area contributed by atoms with E-state index in [1.807, 2.05) is 0 Å². The molecule has 1 aliphatic rings. The molecule has 14 heavy (non-hydrogen) atoms. The first-order chi connectivity index (χ1) is 6.30. The molecule has 2 N–H and O–H groups in total. The van der Waals surface area contributed by atoms with Gasteiger partial charge in [0.15, 0.2) is 0 Å². The molecule has 0 spiro atoms. The van der Waals surface area contributed by atoms with Crippen molar-refractivity contribution in [3.8, 4) is 0 Å². The summed E-state index contributed by atoms with van der Waals surface area (Å²) in [5.41, 5.74) is 0.283. The normalized spacial score (nSPS) is 34.2. The Morgan fingerprint density at radius 2 is 1.93 bits per heavy atom. The summed E-state index contributed by atoms with van der Waals surface area (Å²) in [6.45, 7) is 3.27. The molecule has 0 amide bonds. The average Bonchev–Trinajstić information content (AvgIpc) is 2.01. The lowest BCUT2D eigenvalue weighted by molar-refractivity contribution is -0.184. The highest BCUT2D eigenvalue weighted by molar-refractivity contribution is 5.84. The maximum Gasteiger partial charge on any atom is 0.391 e. The van der Waals surface area contributed by atoms with E-state index >= 15 is 0 Å². The lowest BCUT2D eigenvalue weighted by atomic mass is 9.86. The van der Waals surface area contributed by atoms with Crippen molar-refractivity contribution in [2.45, 2.75) is 44.9 Å². The van der Waals surface area contributed by atoms with Gasteiger partial charge >= 0.3 is 6.18 Å². The molecule has 3 atom stereocenters. The number of hydrogen-bond acceptors (Lipinski definition) is 2. The molecule has 1 rings (SSSR count). The van der Waals surface area contributed by atoms with Gasteiger partial charge in [-0.1, -0.05) is 0 Å². The van der Waals surface area contributed by atoms with Gasteiger partial charge in [0.25, 0.3) is 0 Å². The molecular formula is C9H15F3N2. The Morgan fingerprint density at radius 3 is 2.36 bits per heavy atom. The highest BCUT2D eigenvalue weighted by Gasteiger charge is 2.44. The summed E-state index contributed by atoms with van der Waals surface area (Å²) < 4.78 is 37.4. The van der Waals surface area contributed by atoms with Crippen LogP contribution in [0.5, 0.6) is 0 Å². The molecule has 1 heterocycles. The first-order valence-corrected chi connectivity index (χ1v) is 4.68. The molecule has 0 saturated carbocycles. The van der Waals surface area contributed by atoms with Crippen molar-refractivity contribution in [1.29, 1.82) is 5.41 Å². The highest BCUT2D eigenvalue weighted by Crippen LogP contribution is 2.35. The maximum absolute atomic E-state index is 12.5. The zero-order chi connectivity index (χ0) is 10.9. The maximum atomic E-state index is 12.5. The Labute approximate surface area is 81.4 Å². The molecule has 0 aromatic heterocycles. The summed E-state index contributed by atoms with van der Waals surface area (Å²) in [4.78, 5) is 0. The fourth-order valence-corrected chi connectivity index (χ4v) is 1.86. The van der Waals surface area contributed by atoms with Gasteiger partial charge in [-0.3, -0.25) is 0 Å². The minimum absolute atomic E-state index is 0.00315. The molecule has 0 aliphatic carbocycles. The summed E-state index contributed by atoms with van der Waals surface area (Å²) in [5, 5.41) is 10.3. The SMILES string of the molecule is CC(=N)C1CC(C(F)(F)F)CC(C)N1. The third-order valence-corrected chi connectivity index (χ3v) is 2.63. The van der Waals surface area contributed by atoms with E-state index in [1.54, 1.807) is 13.8 Å². The van der Waals surface area contributed by atoms with E-state index < -0.39 is 18.1 Å². The molecule has 0 radical (unpaired) electrons. The Kier molecular flexibility index (Phi) is 3.19. The van der Waals surface area contributed by atoms with Crippen LogP contribution in [-0.4, -0.2) is 24.0 Å². The molecule has 1 fully saturated rings. The smallest absolute Gasteiger partial charge is 0.308 e. The van der Waals surface area contributed by atoms with Crippen molar-refractivity contribution in [3.05, 3.63) is 0 Å². The predicted molar refractivity (Wildman–Crippen MR) is 48.6 cm³/mol. The number of rotatable bonds is 1. The molecule has 3 unspecified atom stereocenters. The highest BCUT2D eigenvalue weighted by atomic mass is 19.4. The van der Waals surface area contributed by atoms with Gasteiger partial charge in [0, 0.05) is 17.8 Å². The summed E-state index contributed by atoms with van der Waals surface area (Å²) in [5.74, 6) is -1.26. The Morgan fingerprint density at radius 1 is 1.36 bits per heavy atom. The van der Waals surface area contributed by atoms with Crippen molar-refractivity contribution >= 4 is 5.71 Å². The number of alkyl halides is 3. The zero-order valence-electron chi connectivity index (χ0n) is 8.28. The van der Waals surface area contributed by atoms with E-state index in [1.165, 1.54) is 0 Å². The van der Waals surface area contributed by atoms with Crippen LogP contribution >= 0.6 is 0 Å². The summed E-state index contributed by atoms with van der Waals surface area (Å²) in [6, 6.07) is -0.578. The fourth-order valence-electron chi connectivity index (χ4n) is 1.86. The van der Waals surface area contributed by atoms with Crippen LogP contribution in [0.3, 0.4) is 0 Å². The second-order valence-electron chi connectivity index (χ2n) is 4.01. The zero-order valence-corrected chi connectivity index (χ0v) is 8.28.